The third-order valence-corrected chi connectivity index (χ3v) is 3.74. The fourth-order valence-corrected chi connectivity index (χ4v) is 2.52. The Bertz CT molecular complexity index is 566. The molecule has 0 aromatic heterocycles. The summed E-state index contributed by atoms with van der Waals surface area (Å²) in [5.74, 6) is -0.905. The van der Waals surface area contributed by atoms with Crippen LogP contribution >= 0.6 is 22.9 Å². The van der Waals surface area contributed by atoms with E-state index in [2.05, 4.69) is 22.9 Å². The summed E-state index contributed by atoms with van der Waals surface area (Å²) in [7, 11) is 0. The average molecular weight is 353 g/mol. The second-order valence-corrected chi connectivity index (χ2v) is 4.88. The number of carboxylic acid groups (broad SMARTS) is 1. The maximum absolute atomic E-state index is 10.8. The zero-order valence-electron chi connectivity index (χ0n) is 9.80. The molecule has 0 amide bonds. The Morgan fingerprint density at radius 1 is 1.11 bits per heavy atom. The molecule has 4 heteroatoms. The predicted octanol–water partition coefficient (Wildman–Crippen LogP) is 4.18. The molecule has 2 aromatic rings. The largest absolute Gasteiger partial charge is 0.478 e. The van der Waals surface area contributed by atoms with Crippen molar-refractivity contribution in [3.8, 4) is 0 Å². The van der Waals surface area contributed by atoms with E-state index in [-0.39, 0.29) is 0 Å². The van der Waals surface area contributed by atoms with E-state index in [0.29, 0.717) is 5.56 Å². The van der Waals surface area contributed by atoms with E-state index < -0.39 is 5.97 Å². The van der Waals surface area contributed by atoms with Crippen molar-refractivity contribution in [2.24, 2.45) is 0 Å². The van der Waals surface area contributed by atoms with Gasteiger partial charge in [0.05, 0.1) is 39.8 Å². The summed E-state index contributed by atoms with van der Waals surface area (Å²) >= 11 is 2.21. The Balaban J connectivity index is 2.32. The summed E-state index contributed by atoms with van der Waals surface area (Å²) < 4.78 is 2.01. The Kier molecular flexibility index (Phi) is 3.86. The van der Waals surface area contributed by atoms with Crippen molar-refractivity contribution >= 4 is 40.2 Å². The van der Waals surface area contributed by atoms with Crippen molar-refractivity contribution in [2.75, 3.05) is 3.11 Å². The minimum absolute atomic E-state index is 0.299. The minimum Gasteiger partial charge on any atom is -0.478 e. The zero-order chi connectivity index (χ0) is 13.1. The van der Waals surface area contributed by atoms with Crippen LogP contribution in [0.2, 0.25) is 0 Å². The van der Waals surface area contributed by atoms with Crippen LogP contribution in [0, 0.1) is 6.92 Å². The molecule has 0 heterocycles. The van der Waals surface area contributed by atoms with Crippen LogP contribution in [0.5, 0.6) is 0 Å². The monoisotopic (exact) mass is 353 g/mol. The lowest BCUT2D eigenvalue weighted by atomic mass is 10.1. The number of nitrogens with zero attached hydrogens (tertiary/aromatic N) is 1. The molecule has 0 aliphatic carbocycles. The molecule has 1 N–H and O–H groups in total. The highest BCUT2D eigenvalue weighted by Crippen LogP contribution is 2.31. The van der Waals surface area contributed by atoms with E-state index in [1.807, 2.05) is 46.4 Å². The molecule has 0 saturated heterocycles. The molecule has 18 heavy (non-hydrogen) atoms. The second kappa shape index (κ2) is 5.39. The van der Waals surface area contributed by atoms with Gasteiger partial charge in [0.25, 0.3) is 0 Å². The number of rotatable bonds is 3. The topological polar surface area (TPSA) is 40.5 Å². The van der Waals surface area contributed by atoms with Gasteiger partial charge in [0.1, 0.15) is 0 Å². The molecule has 2 rings (SSSR count). The van der Waals surface area contributed by atoms with Gasteiger partial charge in [-0.05, 0) is 42.8 Å². The van der Waals surface area contributed by atoms with Gasteiger partial charge in [-0.15, -0.1) is 0 Å². The van der Waals surface area contributed by atoms with Crippen LogP contribution in [0.3, 0.4) is 0 Å². The number of aryl methyl sites for hydroxylation is 1. The number of carbonyl (C=O) groups is 1. The highest BCUT2D eigenvalue weighted by Gasteiger charge is 2.09. The van der Waals surface area contributed by atoms with Gasteiger partial charge in [-0.1, -0.05) is 18.2 Å². The molecule has 0 aliphatic heterocycles. The van der Waals surface area contributed by atoms with Gasteiger partial charge >= 0.3 is 5.97 Å². The number of anilines is 2. The maximum atomic E-state index is 10.8. The standard InChI is InChI=1S/C14H12INO2/c1-10-4-2-3-5-13(10)16(15)12-8-6-11(7-9-12)14(17)18/h2-9H,1H3,(H,17,18). The molecular weight excluding hydrogens is 341 g/mol. The average Bonchev–Trinajstić information content (AvgIpc) is 2.38. The third kappa shape index (κ3) is 2.64. The van der Waals surface area contributed by atoms with E-state index in [4.69, 9.17) is 5.11 Å². The van der Waals surface area contributed by atoms with Crippen LogP contribution in [-0.4, -0.2) is 11.1 Å². The number of halogens is 1. The lowest BCUT2D eigenvalue weighted by molar-refractivity contribution is 0.0697. The molecule has 0 fully saturated rings. The first kappa shape index (κ1) is 12.9. The summed E-state index contributed by atoms with van der Waals surface area (Å²) in [6.07, 6.45) is 0. The van der Waals surface area contributed by atoms with Gasteiger partial charge in [0.2, 0.25) is 0 Å². The van der Waals surface area contributed by atoms with Gasteiger partial charge in [-0.25, -0.2) is 4.79 Å². The fraction of sp³-hybridized carbons (Fsp3) is 0.0714. The Labute approximate surface area is 120 Å². The summed E-state index contributed by atoms with van der Waals surface area (Å²) in [6, 6.07) is 14.9. The molecule has 3 nitrogen and oxygen atoms in total. The highest BCUT2D eigenvalue weighted by molar-refractivity contribution is 14.1. The van der Waals surface area contributed by atoms with Crippen LogP contribution in [0.4, 0.5) is 11.4 Å². The van der Waals surface area contributed by atoms with Crippen LogP contribution in [0.25, 0.3) is 0 Å². The quantitative estimate of drug-likeness (QED) is 0.665. The number of carboxylic acids is 1. The fourth-order valence-electron chi connectivity index (χ4n) is 1.66. The van der Waals surface area contributed by atoms with E-state index in [0.717, 1.165) is 11.4 Å². The van der Waals surface area contributed by atoms with E-state index in [1.54, 1.807) is 12.1 Å². The molecule has 0 saturated carbocycles. The first-order chi connectivity index (χ1) is 8.59. The van der Waals surface area contributed by atoms with Crippen molar-refractivity contribution in [3.63, 3.8) is 0 Å². The number of benzene rings is 2. The van der Waals surface area contributed by atoms with Gasteiger partial charge in [0, 0.05) is 0 Å². The van der Waals surface area contributed by atoms with Crippen molar-refractivity contribution < 1.29 is 9.90 Å². The summed E-state index contributed by atoms with van der Waals surface area (Å²) in [4.78, 5) is 10.8. The molecule has 0 spiro atoms. The van der Waals surface area contributed by atoms with Gasteiger partial charge in [0.15, 0.2) is 0 Å². The summed E-state index contributed by atoms with van der Waals surface area (Å²) in [6.45, 7) is 2.05. The van der Waals surface area contributed by atoms with Crippen molar-refractivity contribution in [1.82, 2.24) is 0 Å². The summed E-state index contributed by atoms with van der Waals surface area (Å²) in [5.41, 5.74) is 3.53. The second-order valence-electron chi connectivity index (χ2n) is 3.92. The zero-order valence-corrected chi connectivity index (χ0v) is 12.0. The van der Waals surface area contributed by atoms with E-state index in [1.165, 1.54) is 5.56 Å². The first-order valence-corrected chi connectivity index (χ1v) is 6.41. The predicted molar refractivity (Wildman–Crippen MR) is 80.7 cm³/mol. The minimum atomic E-state index is -0.905. The molecule has 0 radical (unpaired) electrons. The molecule has 0 bridgehead atoms. The lowest BCUT2D eigenvalue weighted by Crippen LogP contribution is -2.03. The van der Waals surface area contributed by atoms with E-state index >= 15 is 0 Å². The van der Waals surface area contributed by atoms with Crippen LogP contribution in [0.15, 0.2) is 48.5 Å². The first-order valence-electron chi connectivity index (χ1n) is 5.44. The smallest absolute Gasteiger partial charge is 0.335 e. The van der Waals surface area contributed by atoms with Crippen molar-refractivity contribution in [1.29, 1.82) is 0 Å². The molecular formula is C14H12INO2. The number of hydrogen-bond acceptors (Lipinski definition) is 2. The van der Waals surface area contributed by atoms with Crippen molar-refractivity contribution in [2.45, 2.75) is 6.92 Å². The number of aromatic carboxylic acids is 1. The lowest BCUT2D eigenvalue weighted by Gasteiger charge is -2.18. The summed E-state index contributed by atoms with van der Waals surface area (Å²) in [5, 5.41) is 8.86. The maximum Gasteiger partial charge on any atom is 0.335 e. The SMILES string of the molecule is Cc1ccccc1N(I)c1ccc(C(=O)O)cc1. The third-order valence-electron chi connectivity index (χ3n) is 2.67. The number of hydrogen-bond donors (Lipinski definition) is 1. The van der Waals surface area contributed by atoms with Crippen LogP contribution in [-0.2, 0) is 0 Å². The molecule has 0 unspecified atom stereocenters. The van der Waals surface area contributed by atoms with Gasteiger partial charge < -0.3 is 5.11 Å². The van der Waals surface area contributed by atoms with Gasteiger partial charge in [-0.2, -0.15) is 0 Å². The molecule has 2 aromatic carbocycles. The Morgan fingerprint density at radius 3 is 2.28 bits per heavy atom. The molecule has 0 aliphatic rings. The highest BCUT2D eigenvalue weighted by atomic mass is 127. The van der Waals surface area contributed by atoms with E-state index in [9.17, 15) is 4.79 Å². The Morgan fingerprint density at radius 2 is 1.72 bits per heavy atom. The normalized spacial score (nSPS) is 10.1. The molecule has 92 valence electrons. The molecule has 0 atom stereocenters. The van der Waals surface area contributed by atoms with Crippen LogP contribution in [0.1, 0.15) is 15.9 Å². The Hall–Kier alpha value is -1.56. The van der Waals surface area contributed by atoms with Gasteiger partial charge in [-0.3, -0.25) is 3.11 Å². The van der Waals surface area contributed by atoms with Crippen molar-refractivity contribution in [3.05, 3.63) is 59.7 Å². The van der Waals surface area contributed by atoms with Crippen LogP contribution < -0.4 is 3.11 Å². The number of para-hydroxylation sites is 1.